The number of carboxylic acids is 1. The number of aliphatic hydroxyl groups excluding tert-OH is 1. The van der Waals surface area contributed by atoms with Crippen LogP contribution in [-0.4, -0.2) is 28.3 Å². The summed E-state index contributed by atoms with van der Waals surface area (Å²) in [5.41, 5.74) is 1.05. The van der Waals surface area contributed by atoms with E-state index in [0.29, 0.717) is 16.9 Å². The maximum absolute atomic E-state index is 12.3. The zero-order valence-corrected chi connectivity index (χ0v) is 12.4. The van der Waals surface area contributed by atoms with Gasteiger partial charge in [-0.15, -0.1) is 0 Å². The van der Waals surface area contributed by atoms with E-state index in [0.717, 1.165) is 6.92 Å². The fraction of sp³-hybridized carbons (Fsp3) is 0.176. The molecular weight excluding hydrogens is 284 g/mol. The third kappa shape index (κ3) is 5.76. The van der Waals surface area contributed by atoms with Crippen molar-refractivity contribution in [3.63, 3.8) is 0 Å². The summed E-state index contributed by atoms with van der Waals surface area (Å²) in [4.78, 5) is 21.3. The second-order valence-electron chi connectivity index (χ2n) is 4.43. The second-order valence-corrected chi connectivity index (χ2v) is 4.43. The van der Waals surface area contributed by atoms with E-state index in [4.69, 9.17) is 14.6 Å². The van der Waals surface area contributed by atoms with E-state index >= 15 is 0 Å². The smallest absolute Gasteiger partial charge is 0.300 e. The summed E-state index contributed by atoms with van der Waals surface area (Å²) in [5, 5.41) is 16.7. The van der Waals surface area contributed by atoms with Crippen molar-refractivity contribution in [2.45, 2.75) is 20.1 Å². The standard InChI is InChI=1S/C15H14O3.C2H4O2/c1-11(16)18-14-10-6-5-9-13(14)15(17)12-7-3-2-4-8-12;1-2(3)4/h2-11,16H,1H3;1H3,(H,3,4). The Morgan fingerprint density at radius 3 is 2.05 bits per heavy atom. The molecule has 0 fully saturated rings. The summed E-state index contributed by atoms with van der Waals surface area (Å²) < 4.78 is 5.22. The zero-order chi connectivity index (χ0) is 16.5. The molecule has 0 aromatic heterocycles. The van der Waals surface area contributed by atoms with Gasteiger partial charge in [-0.2, -0.15) is 0 Å². The van der Waals surface area contributed by atoms with E-state index in [9.17, 15) is 9.90 Å². The Labute approximate surface area is 128 Å². The maximum Gasteiger partial charge on any atom is 0.300 e. The molecule has 22 heavy (non-hydrogen) atoms. The van der Waals surface area contributed by atoms with E-state index in [2.05, 4.69) is 0 Å². The molecule has 1 unspecified atom stereocenters. The molecule has 2 aromatic rings. The number of benzene rings is 2. The molecule has 1 atom stereocenters. The number of hydrogen-bond acceptors (Lipinski definition) is 4. The van der Waals surface area contributed by atoms with Crippen LogP contribution in [0, 0.1) is 0 Å². The molecule has 116 valence electrons. The molecule has 2 N–H and O–H groups in total. The van der Waals surface area contributed by atoms with Gasteiger partial charge in [-0.05, 0) is 19.1 Å². The van der Waals surface area contributed by atoms with Gasteiger partial charge >= 0.3 is 0 Å². The molecule has 0 saturated carbocycles. The fourth-order valence-corrected chi connectivity index (χ4v) is 1.69. The number of aliphatic carboxylic acids is 1. The van der Waals surface area contributed by atoms with Crippen LogP contribution in [0.15, 0.2) is 54.6 Å². The Morgan fingerprint density at radius 2 is 1.50 bits per heavy atom. The van der Waals surface area contributed by atoms with E-state index in [1.807, 2.05) is 18.2 Å². The summed E-state index contributed by atoms with van der Waals surface area (Å²) in [6, 6.07) is 15.9. The largest absolute Gasteiger partial charge is 0.481 e. The highest BCUT2D eigenvalue weighted by molar-refractivity contribution is 6.10. The molecule has 0 aliphatic heterocycles. The molecule has 0 radical (unpaired) electrons. The van der Waals surface area contributed by atoms with Crippen LogP contribution in [0.25, 0.3) is 0 Å². The minimum Gasteiger partial charge on any atom is -0.481 e. The Morgan fingerprint density at radius 1 is 1.00 bits per heavy atom. The molecule has 5 nitrogen and oxygen atoms in total. The van der Waals surface area contributed by atoms with Crippen LogP contribution in [0.5, 0.6) is 5.75 Å². The lowest BCUT2D eigenvalue weighted by Gasteiger charge is -2.12. The number of carbonyl (C=O) groups excluding carboxylic acids is 1. The second kappa shape index (κ2) is 8.59. The van der Waals surface area contributed by atoms with Crippen LogP contribution in [0.2, 0.25) is 0 Å². The van der Waals surface area contributed by atoms with Gasteiger partial charge in [0.25, 0.3) is 5.97 Å². The molecule has 0 spiro atoms. The van der Waals surface area contributed by atoms with Gasteiger partial charge in [-0.25, -0.2) is 0 Å². The number of rotatable bonds is 4. The first-order chi connectivity index (χ1) is 10.4. The molecule has 0 saturated heterocycles. The quantitative estimate of drug-likeness (QED) is 0.670. The molecule has 0 aliphatic carbocycles. The Balaban J connectivity index is 0.000000541. The van der Waals surface area contributed by atoms with Gasteiger partial charge in [-0.3, -0.25) is 9.59 Å². The average Bonchev–Trinajstić information content (AvgIpc) is 2.47. The number of hydrogen-bond donors (Lipinski definition) is 2. The van der Waals surface area contributed by atoms with Crippen molar-refractivity contribution in [1.29, 1.82) is 0 Å². The maximum atomic E-state index is 12.3. The first-order valence-electron chi connectivity index (χ1n) is 6.65. The van der Waals surface area contributed by atoms with Gasteiger partial charge in [0.1, 0.15) is 5.75 Å². The van der Waals surface area contributed by atoms with Crippen molar-refractivity contribution in [3.8, 4) is 5.75 Å². The van der Waals surface area contributed by atoms with Gasteiger partial charge in [0.05, 0.1) is 5.56 Å². The number of aliphatic hydroxyl groups is 1. The van der Waals surface area contributed by atoms with Crippen LogP contribution in [0.1, 0.15) is 29.8 Å². The topological polar surface area (TPSA) is 83.8 Å². The first-order valence-corrected chi connectivity index (χ1v) is 6.65. The van der Waals surface area contributed by atoms with Gasteiger partial charge < -0.3 is 14.9 Å². The lowest BCUT2D eigenvalue weighted by molar-refractivity contribution is -0.134. The summed E-state index contributed by atoms with van der Waals surface area (Å²) in [7, 11) is 0. The lowest BCUT2D eigenvalue weighted by atomic mass is 10.0. The molecule has 2 aromatic carbocycles. The number of para-hydroxylation sites is 1. The fourth-order valence-electron chi connectivity index (χ4n) is 1.69. The number of carboxylic acid groups (broad SMARTS) is 1. The van der Waals surface area contributed by atoms with Crippen LogP contribution in [0.4, 0.5) is 0 Å². The van der Waals surface area contributed by atoms with E-state index in [1.165, 1.54) is 6.92 Å². The van der Waals surface area contributed by atoms with E-state index in [1.54, 1.807) is 36.4 Å². The SMILES string of the molecule is CC(=O)O.CC(O)Oc1ccccc1C(=O)c1ccccc1. The third-order valence-electron chi connectivity index (χ3n) is 2.47. The summed E-state index contributed by atoms with van der Waals surface area (Å²) >= 11 is 0. The molecular formula is C17H18O5. The molecule has 0 bridgehead atoms. The highest BCUT2D eigenvalue weighted by atomic mass is 16.6. The number of carbonyl (C=O) groups is 2. The van der Waals surface area contributed by atoms with Gasteiger partial charge in [0.2, 0.25) is 0 Å². The van der Waals surface area contributed by atoms with Crippen molar-refractivity contribution in [1.82, 2.24) is 0 Å². The monoisotopic (exact) mass is 302 g/mol. The van der Waals surface area contributed by atoms with Crippen LogP contribution >= 0.6 is 0 Å². The zero-order valence-electron chi connectivity index (χ0n) is 12.4. The normalized spacial score (nSPS) is 10.9. The predicted molar refractivity (Wildman–Crippen MR) is 81.9 cm³/mol. The summed E-state index contributed by atoms with van der Waals surface area (Å²) in [6.07, 6.45) is -0.949. The van der Waals surface area contributed by atoms with E-state index in [-0.39, 0.29) is 5.78 Å². The van der Waals surface area contributed by atoms with Crippen LogP contribution in [0.3, 0.4) is 0 Å². The van der Waals surface area contributed by atoms with Crippen molar-refractivity contribution < 1.29 is 24.5 Å². The Kier molecular flexibility index (Phi) is 6.79. The molecule has 2 rings (SSSR count). The summed E-state index contributed by atoms with van der Waals surface area (Å²) in [5.74, 6) is -0.562. The minimum atomic E-state index is -0.949. The molecule has 0 heterocycles. The van der Waals surface area contributed by atoms with Crippen molar-refractivity contribution >= 4 is 11.8 Å². The van der Waals surface area contributed by atoms with Crippen molar-refractivity contribution in [2.75, 3.05) is 0 Å². The average molecular weight is 302 g/mol. The van der Waals surface area contributed by atoms with Gasteiger partial charge in [0, 0.05) is 12.5 Å². The van der Waals surface area contributed by atoms with Crippen molar-refractivity contribution in [3.05, 3.63) is 65.7 Å². The molecule has 5 heteroatoms. The van der Waals surface area contributed by atoms with E-state index < -0.39 is 12.3 Å². The highest BCUT2D eigenvalue weighted by Gasteiger charge is 2.14. The predicted octanol–water partition coefficient (Wildman–Crippen LogP) is 2.73. The Hall–Kier alpha value is -2.66. The lowest BCUT2D eigenvalue weighted by Crippen LogP contribution is -2.13. The van der Waals surface area contributed by atoms with Crippen LogP contribution < -0.4 is 4.74 Å². The summed E-state index contributed by atoms with van der Waals surface area (Å²) in [6.45, 7) is 2.59. The molecule has 0 aliphatic rings. The van der Waals surface area contributed by atoms with Crippen molar-refractivity contribution in [2.24, 2.45) is 0 Å². The number of ether oxygens (including phenoxy) is 1. The first kappa shape index (κ1) is 17.4. The highest BCUT2D eigenvalue weighted by Crippen LogP contribution is 2.22. The third-order valence-corrected chi connectivity index (χ3v) is 2.47. The van der Waals surface area contributed by atoms with Crippen LogP contribution in [-0.2, 0) is 4.79 Å². The van der Waals surface area contributed by atoms with Gasteiger partial charge in [-0.1, -0.05) is 42.5 Å². The Bertz CT molecular complexity index is 616. The van der Waals surface area contributed by atoms with Gasteiger partial charge in [0.15, 0.2) is 12.1 Å². The number of ketones is 1. The molecule has 0 amide bonds. The minimum absolute atomic E-state index is 0.119.